The molecule has 0 saturated heterocycles. The van der Waals surface area contributed by atoms with Gasteiger partial charge in [-0.3, -0.25) is 9.59 Å². The van der Waals surface area contributed by atoms with E-state index in [2.05, 4.69) is 5.32 Å². The Morgan fingerprint density at radius 3 is 2.40 bits per heavy atom. The second-order valence-corrected chi connectivity index (χ2v) is 4.37. The highest BCUT2D eigenvalue weighted by Gasteiger charge is 2.09. The first-order valence-electron chi connectivity index (χ1n) is 6.29. The third-order valence-corrected chi connectivity index (χ3v) is 2.63. The van der Waals surface area contributed by atoms with Crippen LogP contribution in [0, 0.1) is 0 Å². The fourth-order valence-corrected chi connectivity index (χ4v) is 1.55. The summed E-state index contributed by atoms with van der Waals surface area (Å²) in [5, 5.41) is 11.2. The molecule has 6 heteroatoms. The molecule has 6 nitrogen and oxygen atoms in total. The van der Waals surface area contributed by atoms with Gasteiger partial charge in [-0.05, 0) is 37.6 Å². The summed E-state index contributed by atoms with van der Waals surface area (Å²) in [5.74, 6) is 0.127. The fourth-order valence-electron chi connectivity index (χ4n) is 1.55. The molecule has 2 N–H and O–H groups in total. The molecule has 0 fully saturated rings. The van der Waals surface area contributed by atoms with E-state index in [1.54, 1.807) is 38.3 Å². The molecule has 1 unspecified atom stereocenters. The molecule has 0 heterocycles. The minimum Gasteiger partial charge on any atom is -0.497 e. The molecule has 0 radical (unpaired) electrons. The van der Waals surface area contributed by atoms with Gasteiger partial charge < -0.3 is 19.9 Å². The Morgan fingerprint density at radius 2 is 1.85 bits per heavy atom. The van der Waals surface area contributed by atoms with E-state index in [1.165, 1.54) is 0 Å². The summed E-state index contributed by atoms with van der Waals surface area (Å²) in [6.45, 7) is 1.65. The lowest BCUT2D eigenvalue weighted by atomic mass is 10.2. The number of carboxylic acids is 1. The van der Waals surface area contributed by atoms with Gasteiger partial charge in [0.25, 0.3) is 5.91 Å². The minimum absolute atomic E-state index is 0.0286. The molecular weight excluding hydrogens is 262 g/mol. The minimum atomic E-state index is -0.874. The van der Waals surface area contributed by atoms with Gasteiger partial charge in [-0.1, -0.05) is 0 Å². The molecule has 1 aromatic carbocycles. The number of carboxylic acid groups (broad SMARTS) is 1. The van der Waals surface area contributed by atoms with E-state index < -0.39 is 5.97 Å². The highest BCUT2D eigenvalue weighted by Crippen LogP contribution is 2.16. The highest BCUT2D eigenvalue weighted by molar-refractivity contribution is 5.77. The SMILES string of the molecule is COc1ccc(OCC(=O)NC(C)CCC(=O)O)cc1. The van der Waals surface area contributed by atoms with E-state index in [-0.39, 0.29) is 25.0 Å². The first-order chi connectivity index (χ1) is 9.51. The average molecular weight is 281 g/mol. The lowest BCUT2D eigenvalue weighted by Crippen LogP contribution is -2.36. The smallest absolute Gasteiger partial charge is 0.303 e. The van der Waals surface area contributed by atoms with Gasteiger partial charge in [-0.15, -0.1) is 0 Å². The number of amides is 1. The van der Waals surface area contributed by atoms with Crippen LogP contribution in [0.15, 0.2) is 24.3 Å². The standard InChI is InChI=1S/C14H19NO5/c1-10(3-8-14(17)18)15-13(16)9-20-12-6-4-11(19-2)5-7-12/h4-7,10H,3,8-9H2,1-2H3,(H,15,16)(H,17,18). The van der Waals surface area contributed by atoms with Crippen LogP contribution in [-0.2, 0) is 9.59 Å². The third-order valence-electron chi connectivity index (χ3n) is 2.63. The van der Waals surface area contributed by atoms with Crippen molar-refractivity contribution in [3.63, 3.8) is 0 Å². The predicted octanol–water partition coefficient (Wildman–Crippen LogP) is 1.44. The molecule has 110 valence electrons. The molecule has 0 bridgehead atoms. The van der Waals surface area contributed by atoms with Crippen molar-refractivity contribution >= 4 is 11.9 Å². The second kappa shape index (κ2) is 8.04. The Morgan fingerprint density at radius 1 is 1.25 bits per heavy atom. The lowest BCUT2D eigenvalue weighted by molar-refractivity contribution is -0.137. The summed E-state index contributed by atoms with van der Waals surface area (Å²) >= 11 is 0. The van der Waals surface area contributed by atoms with Crippen LogP contribution < -0.4 is 14.8 Å². The van der Waals surface area contributed by atoms with E-state index in [0.29, 0.717) is 17.9 Å². The third kappa shape index (κ3) is 6.08. The van der Waals surface area contributed by atoms with Gasteiger partial charge in [0.1, 0.15) is 11.5 Å². The van der Waals surface area contributed by atoms with Crippen molar-refractivity contribution in [2.24, 2.45) is 0 Å². The van der Waals surface area contributed by atoms with Crippen molar-refractivity contribution < 1.29 is 24.2 Å². The van der Waals surface area contributed by atoms with Crippen LogP contribution >= 0.6 is 0 Å². The normalized spacial score (nSPS) is 11.5. The van der Waals surface area contributed by atoms with E-state index in [4.69, 9.17) is 14.6 Å². The molecule has 0 saturated carbocycles. The number of nitrogens with one attached hydrogen (secondary N) is 1. The van der Waals surface area contributed by atoms with Gasteiger partial charge in [-0.2, -0.15) is 0 Å². The van der Waals surface area contributed by atoms with Crippen LogP contribution in [-0.4, -0.2) is 36.7 Å². The number of benzene rings is 1. The summed E-state index contributed by atoms with van der Waals surface area (Å²) in [6, 6.07) is 6.70. The molecule has 0 aliphatic carbocycles. The number of aliphatic carboxylic acids is 1. The maximum absolute atomic E-state index is 11.6. The number of hydrogen-bond donors (Lipinski definition) is 2. The van der Waals surface area contributed by atoms with E-state index >= 15 is 0 Å². The number of carbonyl (C=O) groups is 2. The summed E-state index contributed by atoms with van der Waals surface area (Å²) in [4.78, 5) is 22.0. The van der Waals surface area contributed by atoms with E-state index in [0.717, 1.165) is 0 Å². The monoisotopic (exact) mass is 281 g/mol. The van der Waals surface area contributed by atoms with Gasteiger partial charge in [0.15, 0.2) is 6.61 Å². The van der Waals surface area contributed by atoms with Crippen molar-refractivity contribution in [3.8, 4) is 11.5 Å². The van der Waals surface area contributed by atoms with E-state index in [9.17, 15) is 9.59 Å². The molecule has 1 aromatic rings. The molecular formula is C14H19NO5. The number of rotatable bonds is 8. The van der Waals surface area contributed by atoms with E-state index in [1.807, 2.05) is 0 Å². The van der Waals surface area contributed by atoms with Gasteiger partial charge in [0.05, 0.1) is 7.11 Å². The maximum Gasteiger partial charge on any atom is 0.303 e. The highest BCUT2D eigenvalue weighted by atomic mass is 16.5. The topological polar surface area (TPSA) is 84.9 Å². The lowest BCUT2D eigenvalue weighted by Gasteiger charge is -2.13. The number of methoxy groups -OCH3 is 1. The zero-order valence-electron chi connectivity index (χ0n) is 11.6. The Labute approximate surface area is 117 Å². The molecule has 0 aromatic heterocycles. The first-order valence-corrected chi connectivity index (χ1v) is 6.29. The Balaban J connectivity index is 2.29. The largest absolute Gasteiger partial charge is 0.497 e. The molecule has 0 spiro atoms. The number of hydrogen-bond acceptors (Lipinski definition) is 4. The molecule has 20 heavy (non-hydrogen) atoms. The predicted molar refractivity (Wildman–Crippen MR) is 73.0 cm³/mol. The fraction of sp³-hybridized carbons (Fsp3) is 0.429. The second-order valence-electron chi connectivity index (χ2n) is 4.37. The molecule has 0 aliphatic heterocycles. The van der Waals surface area contributed by atoms with Crippen molar-refractivity contribution in [3.05, 3.63) is 24.3 Å². The zero-order valence-corrected chi connectivity index (χ0v) is 11.6. The Hall–Kier alpha value is -2.24. The number of ether oxygens (including phenoxy) is 2. The number of carbonyl (C=O) groups excluding carboxylic acids is 1. The summed E-state index contributed by atoms with van der Waals surface area (Å²) < 4.78 is 10.3. The Bertz CT molecular complexity index is 443. The molecule has 1 amide bonds. The molecule has 0 aliphatic rings. The first kappa shape index (κ1) is 15.8. The quantitative estimate of drug-likeness (QED) is 0.753. The van der Waals surface area contributed by atoms with Crippen LogP contribution in [0.1, 0.15) is 19.8 Å². The summed E-state index contributed by atoms with van der Waals surface area (Å²) in [6.07, 6.45) is 0.421. The van der Waals surface area contributed by atoms with Crippen LogP contribution in [0.5, 0.6) is 11.5 Å². The van der Waals surface area contributed by atoms with Crippen LogP contribution in [0.3, 0.4) is 0 Å². The average Bonchev–Trinajstić information content (AvgIpc) is 2.43. The molecule has 1 rings (SSSR count). The van der Waals surface area contributed by atoms with Gasteiger partial charge in [-0.25, -0.2) is 0 Å². The van der Waals surface area contributed by atoms with Crippen molar-refractivity contribution in [1.82, 2.24) is 5.32 Å². The molecule has 1 atom stereocenters. The van der Waals surface area contributed by atoms with Crippen molar-refractivity contribution in [2.75, 3.05) is 13.7 Å². The van der Waals surface area contributed by atoms with Crippen LogP contribution in [0.25, 0.3) is 0 Å². The summed E-state index contributed by atoms with van der Waals surface area (Å²) in [7, 11) is 1.57. The Kier molecular flexibility index (Phi) is 6.36. The van der Waals surface area contributed by atoms with Crippen molar-refractivity contribution in [2.45, 2.75) is 25.8 Å². The van der Waals surface area contributed by atoms with Gasteiger partial charge >= 0.3 is 5.97 Å². The van der Waals surface area contributed by atoms with Gasteiger partial charge in [0, 0.05) is 12.5 Å². The van der Waals surface area contributed by atoms with Gasteiger partial charge in [0.2, 0.25) is 0 Å². The van der Waals surface area contributed by atoms with Crippen LogP contribution in [0.2, 0.25) is 0 Å². The zero-order chi connectivity index (χ0) is 15.0. The van der Waals surface area contributed by atoms with Crippen LogP contribution in [0.4, 0.5) is 0 Å². The summed E-state index contributed by atoms with van der Waals surface area (Å²) in [5.41, 5.74) is 0. The van der Waals surface area contributed by atoms with Crippen molar-refractivity contribution in [1.29, 1.82) is 0 Å². The maximum atomic E-state index is 11.6.